The number of hydrogen-bond donors (Lipinski definition) is 1. The highest BCUT2D eigenvalue weighted by Gasteiger charge is 2.21. The highest BCUT2D eigenvalue weighted by atomic mass is 19.3. The van der Waals surface area contributed by atoms with E-state index in [1.54, 1.807) is 31.6 Å². The van der Waals surface area contributed by atoms with Gasteiger partial charge in [0.05, 0.1) is 7.11 Å². The average molecular weight is 387 g/mol. The molecule has 3 rings (SSSR count). The summed E-state index contributed by atoms with van der Waals surface area (Å²) in [6, 6.07) is 12.3. The Morgan fingerprint density at radius 2 is 1.71 bits per heavy atom. The summed E-state index contributed by atoms with van der Waals surface area (Å²) in [7, 11) is 3.41. The van der Waals surface area contributed by atoms with Crippen LogP contribution in [0.15, 0.2) is 60.9 Å². The van der Waals surface area contributed by atoms with Gasteiger partial charge in [-0.2, -0.15) is 8.78 Å². The van der Waals surface area contributed by atoms with Crippen molar-refractivity contribution in [1.82, 2.24) is 14.9 Å². The number of benzene rings is 2. The molecule has 6 nitrogen and oxygen atoms in total. The van der Waals surface area contributed by atoms with Crippen molar-refractivity contribution in [3.05, 3.63) is 77.9 Å². The van der Waals surface area contributed by atoms with E-state index in [1.165, 1.54) is 24.3 Å². The zero-order chi connectivity index (χ0) is 20.1. The van der Waals surface area contributed by atoms with Crippen LogP contribution < -0.4 is 14.8 Å². The molecule has 0 radical (unpaired) electrons. The number of amides is 1. The summed E-state index contributed by atoms with van der Waals surface area (Å²) in [5, 5.41) is 2.94. The Balaban J connectivity index is 1.84. The maximum atomic E-state index is 12.7. The van der Waals surface area contributed by atoms with E-state index < -0.39 is 12.7 Å². The Labute approximate surface area is 160 Å². The van der Waals surface area contributed by atoms with Crippen molar-refractivity contribution >= 4 is 5.91 Å². The Kier molecular flexibility index (Phi) is 5.88. The van der Waals surface area contributed by atoms with Gasteiger partial charge in [-0.05, 0) is 42.0 Å². The fourth-order valence-electron chi connectivity index (χ4n) is 2.75. The summed E-state index contributed by atoms with van der Waals surface area (Å²) in [5.41, 5.74) is 1.13. The molecule has 0 spiro atoms. The van der Waals surface area contributed by atoms with Gasteiger partial charge in [0.1, 0.15) is 23.4 Å². The van der Waals surface area contributed by atoms with Crippen LogP contribution >= 0.6 is 0 Å². The molecule has 1 N–H and O–H groups in total. The first-order chi connectivity index (χ1) is 13.5. The Morgan fingerprint density at radius 1 is 1.07 bits per heavy atom. The lowest BCUT2D eigenvalue weighted by molar-refractivity contribution is -0.0498. The second kappa shape index (κ2) is 8.51. The molecular weight excluding hydrogens is 368 g/mol. The summed E-state index contributed by atoms with van der Waals surface area (Å²) in [5.74, 6) is 0.967. The second-order valence-corrected chi connectivity index (χ2v) is 5.98. The number of imidazole rings is 1. The fourth-order valence-corrected chi connectivity index (χ4v) is 2.75. The molecule has 1 amide bonds. The van der Waals surface area contributed by atoms with Crippen molar-refractivity contribution in [2.45, 2.75) is 12.7 Å². The van der Waals surface area contributed by atoms with Crippen LogP contribution in [0.2, 0.25) is 0 Å². The number of nitrogens with one attached hydrogen (secondary N) is 1. The lowest BCUT2D eigenvalue weighted by atomic mass is 10.0. The zero-order valence-electron chi connectivity index (χ0n) is 15.3. The molecule has 8 heteroatoms. The molecular formula is C20H19F2N3O3. The van der Waals surface area contributed by atoms with Gasteiger partial charge in [-0.25, -0.2) is 4.98 Å². The van der Waals surface area contributed by atoms with Gasteiger partial charge in [0.25, 0.3) is 5.91 Å². The SMILES string of the molecule is COc1ccc(C(NC(=O)c2ccc(OC(F)F)cc2)c2nccn2C)cc1. The predicted molar refractivity (Wildman–Crippen MR) is 98.6 cm³/mol. The van der Waals surface area contributed by atoms with E-state index >= 15 is 0 Å². The van der Waals surface area contributed by atoms with Crippen molar-refractivity contribution in [2.75, 3.05) is 7.11 Å². The number of ether oxygens (including phenoxy) is 2. The van der Waals surface area contributed by atoms with Gasteiger partial charge in [-0.3, -0.25) is 4.79 Å². The van der Waals surface area contributed by atoms with Crippen molar-refractivity contribution in [3.8, 4) is 11.5 Å². The fraction of sp³-hybridized carbons (Fsp3) is 0.200. The first-order valence-electron chi connectivity index (χ1n) is 8.45. The molecule has 0 fully saturated rings. The third kappa shape index (κ3) is 4.46. The summed E-state index contributed by atoms with van der Waals surface area (Å²) < 4.78 is 35.8. The third-order valence-corrected chi connectivity index (χ3v) is 4.18. The number of aromatic nitrogens is 2. The molecule has 1 unspecified atom stereocenters. The molecule has 0 saturated carbocycles. The van der Waals surface area contributed by atoms with Gasteiger partial charge in [-0.15, -0.1) is 0 Å². The molecule has 2 aromatic carbocycles. The van der Waals surface area contributed by atoms with E-state index in [0.29, 0.717) is 17.1 Å². The van der Waals surface area contributed by atoms with Gasteiger partial charge >= 0.3 is 6.61 Å². The first kappa shape index (κ1) is 19.3. The molecule has 1 aromatic heterocycles. The minimum absolute atomic E-state index is 0.0117. The van der Waals surface area contributed by atoms with Crippen molar-refractivity contribution in [3.63, 3.8) is 0 Å². The molecule has 3 aromatic rings. The highest BCUT2D eigenvalue weighted by molar-refractivity contribution is 5.94. The van der Waals surface area contributed by atoms with Crippen LogP contribution in [0.1, 0.15) is 27.8 Å². The second-order valence-electron chi connectivity index (χ2n) is 5.98. The number of alkyl halides is 2. The molecule has 0 saturated heterocycles. The van der Waals surface area contributed by atoms with E-state index in [9.17, 15) is 13.6 Å². The predicted octanol–water partition coefficient (Wildman–Crippen LogP) is 3.55. The van der Waals surface area contributed by atoms with Crippen molar-refractivity contribution in [2.24, 2.45) is 7.05 Å². The van der Waals surface area contributed by atoms with E-state index in [0.717, 1.165) is 5.56 Å². The number of halogens is 2. The molecule has 146 valence electrons. The monoisotopic (exact) mass is 387 g/mol. The molecule has 0 aliphatic carbocycles. The molecule has 1 atom stereocenters. The largest absolute Gasteiger partial charge is 0.497 e. The Hall–Kier alpha value is -3.42. The number of carbonyl (C=O) groups is 1. The average Bonchev–Trinajstić information content (AvgIpc) is 3.12. The quantitative estimate of drug-likeness (QED) is 0.673. The number of nitrogens with zero attached hydrogens (tertiary/aromatic N) is 2. The van der Waals surface area contributed by atoms with Crippen LogP contribution in [0.25, 0.3) is 0 Å². The van der Waals surface area contributed by atoms with Gasteiger partial charge in [0.2, 0.25) is 0 Å². The van der Waals surface area contributed by atoms with Crippen LogP contribution in [-0.2, 0) is 7.05 Å². The first-order valence-corrected chi connectivity index (χ1v) is 8.45. The van der Waals surface area contributed by atoms with Crippen molar-refractivity contribution < 1.29 is 23.0 Å². The number of aryl methyl sites for hydroxylation is 1. The Bertz CT molecular complexity index is 925. The minimum atomic E-state index is -2.91. The summed E-state index contributed by atoms with van der Waals surface area (Å²) in [6.07, 6.45) is 3.43. The van der Waals surface area contributed by atoms with Crippen LogP contribution in [0.3, 0.4) is 0 Å². The third-order valence-electron chi connectivity index (χ3n) is 4.18. The molecule has 1 heterocycles. The number of methoxy groups -OCH3 is 1. The van der Waals surface area contributed by atoms with E-state index in [2.05, 4.69) is 15.0 Å². The topological polar surface area (TPSA) is 65.4 Å². The number of rotatable bonds is 7. The molecule has 28 heavy (non-hydrogen) atoms. The summed E-state index contributed by atoms with van der Waals surface area (Å²) in [4.78, 5) is 17.1. The van der Waals surface area contributed by atoms with E-state index in [-0.39, 0.29) is 11.7 Å². The normalized spacial score (nSPS) is 11.9. The smallest absolute Gasteiger partial charge is 0.387 e. The van der Waals surface area contributed by atoms with Crippen molar-refractivity contribution in [1.29, 1.82) is 0 Å². The number of carbonyl (C=O) groups excluding carboxylic acids is 1. The van der Waals surface area contributed by atoms with Gasteiger partial charge in [0.15, 0.2) is 0 Å². The van der Waals surface area contributed by atoms with E-state index in [4.69, 9.17) is 4.74 Å². The number of hydrogen-bond acceptors (Lipinski definition) is 4. The van der Waals surface area contributed by atoms with E-state index in [1.807, 2.05) is 23.7 Å². The molecule has 0 bridgehead atoms. The highest BCUT2D eigenvalue weighted by Crippen LogP contribution is 2.24. The van der Waals surface area contributed by atoms with Crippen LogP contribution in [-0.4, -0.2) is 29.2 Å². The zero-order valence-corrected chi connectivity index (χ0v) is 15.3. The van der Waals surface area contributed by atoms with Gasteiger partial charge in [-0.1, -0.05) is 12.1 Å². The maximum Gasteiger partial charge on any atom is 0.387 e. The van der Waals surface area contributed by atoms with Crippen LogP contribution in [0.4, 0.5) is 8.78 Å². The molecule has 0 aliphatic rings. The lowest BCUT2D eigenvalue weighted by Crippen LogP contribution is -2.31. The minimum Gasteiger partial charge on any atom is -0.497 e. The lowest BCUT2D eigenvalue weighted by Gasteiger charge is -2.19. The van der Waals surface area contributed by atoms with Crippen LogP contribution in [0, 0.1) is 0 Å². The Morgan fingerprint density at radius 3 is 2.25 bits per heavy atom. The standard InChI is InChI=1S/C20H19F2N3O3/c1-25-12-11-23-18(25)17(13-3-7-15(27-2)8-4-13)24-19(26)14-5-9-16(10-6-14)28-20(21)22/h3-12,17,20H,1-2H3,(H,24,26). The maximum absolute atomic E-state index is 12.7. The summed E-state index contributed by atoms with van der Waals surface area (Å²) >= 11 is 0. The van der Waals surface area contributed by atoms with Gasteiger partial charge < -0.3 is 19.4 Å². The van der Waals surface area contributed by atoms with Crippen LogP contribution in [0.5, 0.6) is 11.5 Å². The molecule has 0 aliphatic heterocycles. The summed E-state index contributed by atoms with van der Waals surface area (Å²) in [6.45, 7) is -2.91. The van der Waals surface area contributed by atoms with Gasteiger partial charge in [0, 0.05) is 25.0 Å².